The summed E-state index contributed by atoms with van der Waals surface area (Å²) in [4.78, 5) is 4.70. The van der Waals surface area contributed by atoms with Crippen LogP contribution in [0.2, 0.25) is 5.02 Å². The number of nitrogens with one attached hydrogen (secondary N) is 1. The van der Waals surface area contributed by atoms with E-state index in [2.05, 4.69) is 11.4 Å². The zero-order valence-electron chi connectivity index (χ0n) is 10.2. The van der Waals surface area contributed by atoms with Gasteiger partial charge in [0.05, 0.1) is 6.04 Å². The van der Waals surface area contributed by atoms with Gasteiger partial charge in [0.1, 0.15) is 6.61 Å². The molecule has 2 aliphatic heterocycles. The number of nitrogens with zero attached hydrogens (tertiary/aromatic N) is 1. The Labute approximate surface area is 112 Å². The van der Waals surface area contributed by atoms with E-state index in [0.29, 0.717) is 12.5 Å². The van der Waals surface area contributed by atoms with Gasteiger partial charge in [-0.25, -0.2) is 4.99 Å². The van der Waals surface area contributed by atoms with Gasteiger partial charge in [-0.3, -0.25) is 0 Å². The second-order valence-corrected chi connectivity index (χ2v) is 5.32. The molecule has 96 valence electrons. The molecule has 0 spiro atoms. The number of halogens is 1. The van der Waals surface area contributed by atoms with Crippen molar-refractivity contribution < 1.29 is 4.74 Å². The van der Waals surface area contributed by atoms with Crippen molar-refractivity contribution in [2.45, 2.75) is 18.9 Å². The first kappa shape index (κ1) is 12.0. The Bertz CT molecular complexity index is 455. The van der Waals surface area contributed by atoms with Crippen LogP contribution in [-0.4, -0.2) is 31.6 Å². The lowest BCUT2D eigenvalue weighted by Gasteiger charge is -2.06. The second-order valence-electron chi connectivity index (χ2n) is 4.92. The fourth-order valence-corrected chi connectivity index (χ4v) is 2.76. The summed E-state index contributed by atoms with van der Waals surface area (Å²) in [6, 6.07) is 8.18. The molecule has 0 amide bonds. The van der Waals surface area contributed by atoms with Crippen LogP contribution in [0.3, 0.4) is 0 Å². The molecule has 3 rings (SSSR count). The predicted molar refractivity (Wildman–Crippen MR) is 73.3 cm³/mol. The Hall–Kier alpha value is -1.06. The van der Waals surface area contributed by atoms with Crippen molar-refractivity contribution in [2.24, 2.45) is 10.9 Å². The van der Waals surface area contributed by atoms with Gasteiger partial charge in [0.15, 0.2) is 5.90 Å². The third-order valence-corrected chi connectivity index (χ3v) is 3.93. The van der Waals surface area contributed by atoms with E-state index in [1.807, 2.05) is 18.2 Å². The molecule has 2 unspecified atom stereocenters. The highest BCUT2D eigenvalue weighted by atomic mass is 35.5. The zero-order valence-corrected chi connectivity index (χ0v) is 11.0. The van der Waals surface area contributed by atoms with E-state index in [1.54, 1.807) is 0 Å². The molecule has 1 fully saturated rings. The van der Waals surface area contributed by atoms with Gasteiger partial charge in [-0.2, -0.15) is 0 Å². The lowest BCUT2D eigenvalue weighted by molar-refractivity contribution is 0.299. The average molecular weight is 265 g/mol. The van der Waals surface area contributed by atoms with Gasteiger partial charge in [-0.1, -0.05) is 29.8 Å². The van der Waals surface area contributed by atoms with Gasteiger partial charge in [0, 0.05) is 17.5 Å². The monoisotopic (exact) mass is 264 g/mol. The molecule has 0 radical (unpaired) electrons. The van der Waals surface area contributed by atoms with Crippen LogP contribution in [0.15, 0.2) is 29.3 Å². The van der Waals surface area contributed by atoms with Crippen molar-refractivity contribution in [3.63, 3.8) is 0 Å². The van der Waals surface area contributed by atoms with Gasteiger partial charge in [0.2, 0.25) is 0 Å². The zero-order chi connectivity index (χ0) is 12.4. The van der Waals surface area contributed by atoms with E-state index < -0.39 is 0 Å². The second kappa shape index (κ2) is 5.29. The number of hydrogen-bond donors (Lipinski definition) is 1. The molecule has 1 aromatic rings. The summed E-state index contributed by atoms with van der Waals surface area (Å²) in [5.74, 6) is 1.42. The average Bonchev–Trinajstić information content (AvgIpc) is 3.02. The SMILES string of the molecule is Clc1ccccc1CC1COC(C2CCNC2)=N1. The van der Waals surface area contributed by atoms with E-state index in [4.69, 9.17) is 21.3 Å². The molecule has 1 N–H and O–H groups in total. The largest absolute Gasteiger partial charge is 0.478 e. The standard InChI is InChI=1S/C14H17ClN2O/c15-13-4-2-1-3-10(13)7-12-9-18-14(17-12)11-5-6-16-8-11/h1-4,11-12,16H,5-9H2. The number of rotatable bonds is 3. The Morgan fingerprint density at radius 3 is 3.06 bits per heavy atom. The van der Waals surface area contributed by atoms with Crippen LogP contribution in [0.1, 0.15) is 12.0 Å². The highest BCUT2D eigenvalue weighted by Crippen LogP contribution is 2.22. The summed E-state index contributed by atoms with van der Waals surface area (Å²) in [6.07, 6.45) is 2.00. The summed E-state index contributed by atoms with van der Waals surface area (Å²) >= 11 is 6.17. The highest BCUT2D eigenvalue weighted by Gasteiger charge is 2.28. The molecule has 1 aromatic carbocycles. The predicted octanol–water partition coefficient (Wildman–Crippen LogP) is 2.29. The molecular weight excluding hydrogens is 248 g/mol. The number of ether oxygens (including phenoxy) is 1. The van der Waals surface area contributed by atoms with E-state index in [1.165, 1.54) is 0 Å². The lowest BCUT2D eigenvalue weighted by atomic mass is 10.1. The van der Waals surface area contributed by atoms with Crippen LogP contribution in [0.25, 0.3) is 0 Å². The van der Waals surface area contributed by atoms with E-state index in [9.17, 15) is 0 Å². The van der Waals surface area contributed by atoms with Gasteiger partial charge in [0.25, 0.3) is 0 Å². The maximum Gasteiger partial charge on any atom is 0.188 e. The molecule has 1 saturated heterocycles. The Morgan fingerprint density at radius 1 is 1.39 bits per heavy atom. The van der Waals surface area contributed by atoms with Crippen molar-refractivity contribution in [2.75, 3.05) is 19.7 Å². The normalized spacial score (nSPS) is 27.1. The first-order chi connectivity index (χ1) is 8.83. The number of benzene rings is 1. The topological polar surface area (TPSA) is 33.6 Å². The van der Waals surface area contributed by atoms with Gasteiger partial charge in [-0.05, 0) is 31.0 Å². The van der Waals surface area contributed by atoms with Crippen LogP contribution >= 0.6 is 11.6 Å². The minimum absolute atomic E-state index is 0.223. The third-order valence-electron chi connectivity index (χ3n) is 3.56. The molecule has 18 heavy (non-hydrogen) atoms. The first-order valence-electron chi connectivity index (χ1n) is 6.47. The summed E-state index contributed by atoms with van der Waals surface area (Å²) < 4.78 is 5.73. The summed E-state index contributed by atoms with van der Waals surface area (Å²) in [5, 5.41) is 4.16. The maximum absolute atomic E-state index is 6.17. The molecule has 0 aromatic heterocycles. The molecule has 0 aliphatic carbocycles. The van der Waals surface area contributed by atoms with E-state index in [0.717, 1.165) is 42.4 Å². The van der Waals surface area contributed by atoms with Gasteiger partial charge < -0.3 is 10.1 Å². The number of hydrogen-bond acceptors (Lipinski definition) is 3. The molecule has 0 bridgehead atoms. The van der Waals surface area contributed by atoms with Crippen molar-refractivity contribution in [3.8, 4) is 0 Å². The maximum atomic E-state index is 6.17. The Morgan fingerprint density at radius 2 is 2.28 bits per heavy atom. The third kappa shape index (κ3) is 2.52. The highest BCUT2D eigenvalue weighted by molar-refractivity contribution is 6.31. The minimum Gasteiger partial charge on any atom is -0.478 e. The van der Waals surface area contributed by atoms with E-state index in [-0.39, 0.29) is 6.04 Å². The fraction of sp³-hybridized carbons (Fsp3) is 0.500. The van der Waals surface area contributed by atoms with Crippen molar-refractivity contribution >= 4 is 17.5 Å². The minimum atomic E-state index is 0.223. The fourth-order valence-electron chi connectivity index (χ4n) is 2.55. The lowest BCUT2D eigenvalue weighted by Crippen LogP contribution is -2.17. The van der Waals surface area contributed by atoms with Crippen LogP contribution in [-0.2, 0) is 11.2 Å². The Kier molecular flexibility index (Phi) is 3.52. The summed E-state index contributed by atoms with van der Waals surface area (Å²) in [6.45, 7) is 2.76. The summed E-state index contributed by atoms with van der Waals surface area (Å²) in [7, 11) is 0. The molecule has 3 nitrogen and oxygen atoms in total. The van der Waals surface area contributed by atoms with Crippen molar-refractivity contribution in [1.82, 2.24) is 5.32 Å². The molecule has 4 heteroatoms. The molecular formula is C14H17ClN2O. The van der Waals surface area contributed by atoms with Crippen molar-refractivity contribution in [1.29, 1.82) is 0 Å². The molecule has 2 aliphatic rings. The van der Waals surface area contributed by atoms with Crippen LogP contribution < -0.4 is 5.32 Å². The van der Waals surface area contributed by atoms with Gasteiger partial charge in [-0.15, -0.1) is 0 Å². The van der Waals surface area contributed by atoms with Gasteiger partial charge >= 0.3 is 0 Å². The van der Waals surface area contributed by atoms with Crippen LogP contribution in [0.4, 0.5) is 0 Å². The quantitative estimate of drug-likeness (QED) is 0.909. The number of aliphatic imine (C=N–C) groups is 1. The first-order valence-corrected chi connectivity index (χ1v) is 6.85. The van der Waals surface area contributed by atoms with Crippen LogP contribution in [0, 0.1) is 5.92 Å². The van der Waals surface area contributed by atoms with E-state index >= 15 is 0 Å². The smallest absolute Gasteiger partial charge is 0.188 e. The molecule has 0 saturated carbocycles. The van der Waals surface area contributed by atoms with Crippen LogP contribution in [0.5, 0.6) is 0 Å². The summed E-state index contributed by atoms with van der Waals surface area (Å²) in [5.41, 5.74) is 1.15. The molecule has 2 atom stereocenters. The molecule has 2 heterocycles. The Balaban J connectivity index is 1.66. The van der Waals surface area contributed by atoms with Crippen molar-refractivity contribution in [3.05, 3.63) is 34.9 Å².